The summed E-state index contributed by atoms with van der Waals surface area (Å²) in [6.07, 6.45) is 9.10. The van der Waals surface area contributed by atoms with E-state index in [9.17, 15) is 4.79 Å². The number of rotatable bonds is 3. The summed E-state index contributed by atoms with van der Waals surface area (Å²) in [7, 11) is 3.30. The molecule has 156 valence electrons. The van der Waals surface area contributed by atoms with Crippen LogP contribution in [0.25, 0.3) is 6.08 Å². The van der Waals surface area contributed by atoms with Crippen molar-refractivity contribution in [3.05, 3.63) is 29.3 Å². The van der Waals surface area contributed by atoms with Crippen molar-refractivity contribution in [3.63, 3.8) is 0 Å². The Kier molecular flexibility index (Phi) is 5.02. The van der Waals surface area contributed by atoms with Crippen molar-refractivity contribution in [2.24, 2.45) is 11.8 Å². The van der Waals surface area contributed by atoms with Gasteiger partial charge in [-0.15, -0.1) is 0 Å². The van der Waals surface area contributed by atoms with Gasteiger partial charge in [0.25, 0.3) is 0 Å². The fourth-order valence-corrected chi connectivity index (χ4v) is 6.54. The van der Waals surface area contributed by atoms with Crippen LogP contribution in [0.15, 0.2) is 23.8 Å². The first kappa shape index (κ1) is 19.0. The molecule has 29 heavy (non-hydrogen) atoms. The van der Waals surface area contributed by atoms with E-state index in [0.29, 0.717) is 29.4 Å². The molecule has 0 aliphatic carbocycles. The van der Waals surface area contributed by atoms with Crippen LogP contribution in [-0.4, -0.2) is 61.6 Å². The number of fused-ring (bicyclic) bond motifs is 2. The molecular weight excluding hydrogens is 364 g/mol. The molecule has 4 fully saturated rings. The van der Waals surface area contributed by atoms with E-state index in [1.807, 2.05) is 24.3 Å². The second-order valence-corrected chi connectivity index (χ2v) is 9.05. The number of nitrogens with zero attached hydrogens (tertiary/aromatic N) is 2. The zero-order chi connectivity index (χ0) is 20.0. The number of ether oxygens (including phenoxy) is 2. The van der Waals surface area contributed by atoms with Gasteiger partial charge in [0, 0.05) is 29.8 Å². The molecule has 0 saturated carbocycles. The van der Waals surface area contributed by atoms with Gasteiger partial charge in [-0.05, 0) is 75.6 Å². The quantitative estimate of drug-likeness (QED) is 0.733. The SMILES string of the molecule is COc1cccc(/C=C2\CC[C@@H]3[C@H]4CCCN5CCC[C@H](CN3C2=O)[C@@H]45)c1OC. The summed E-state index contributed by atoms with van der Waals surface area (Å²) < 4.78 is 11.0. The van der Waals surface area contributed by atoms with Crippen molar-refractivity contribution in [2.45, 2.75) is 50.6 Å². The lowest BCUT2D eigenvalue weighted by molar-refractivity contribution is -0.145. The van der Waals surface area contributed by atoms with Crippen LogP contribution in [0.5, 0.6) is 11.5 Å². The van der Waals surface area contributed by atoms with Crippen LogP contribution in [-0.2, 0) is 4.79 Å². The normalized spacial score (nSPS) is 33.2. The van der Waals surface area contributed by atoms with Gasteiger partial charge in [0.05, 0.1) is 14.2 Å². The van der Waals surface area contributed by atoms with Gasteiger partial charge in [-0.25, -0.2) is 0 Å². The third kappa shape index (κ3) is 3.14. The van der Waals surface area contributed by atoms with Gasteiger partial charge < -0.3 is 14.4 Å². The van der Waals surface area contributed by atoms with Crippen molar-refractivity contribution in [1.82, 2.24) is 9.80 Å². The predicted octanol–water partition coefficient (Wildman–Crippen LogP) is 3.58. The number of para-hydroxylation sites is 1. The molecule has 1 aromatic rings. The Morgan fingerprint density at radius 2 is 1.90 bits per heavy atom. The van der Waals surface area contributed by atoms with Crippen LogP contribution in [0.1, 0.15) is 44.1 Å². The number of hydrogen-bond acceptors (Lipinski definition) is 4. The van der Waals surface area contributed by atoms with Crippen molar-refractivity contribution in [1.29, 1.82) is 0 Å². The third-order valence-corrected chi connectivity index (χ3v) is 7.68. The monoisotopic (exact) mass is 396 g/mol. The van der Waals surface area contributed by atoms with Crippen LogP contribution in [0.4, 0.5) is 0 Å². The smallest absolute Gasteiger partial charge is 0.250 e. The summed E-state index contributed by atoms with van der Waals surface area (Å²) in [6.45, 7) is 3.46. The van der Waals surface area contributed by atoms with Crippen LogP contribution >= 0.6 is 0 Å². The summed E-state index contributed by atoms with van der Waals surface area (Å²) >= 11 is 0. The molecule has 5 rings (SSSR count). The molecular formula is C24H32N2O3. The van der Waals surface area contributed by atoms with Crippen molar-refractivity contribution < 1.29 is 14.3 Å². The topological polar surface area (TPSA) is 42.0 Å². The Bertz CT molecular complexity index is 818. The van der Waals surface area contributed by atoms with E-state index in [2.05, 4.69) is 9.80 Å². The summed E-state index contributed by atoms with van der Waals surface area (Å²) in [6, 6.07) is 6.99. The van der Waals surface area contributed by atoms with Gasteiger partial charge in [-0.2, -0.15) is 0 Å². The number of piperidine rings is 4. The van der Waals surface area contributed by atoms with Gasteiger partial charge in [0.1, 0.15) is 0 Å². The molecule has 0 unspecified atom stereocenters. The van der Waals surface area contributed by atoms with Crippen LogP contribution in [0.2, 0.25) is 0 Å². The molecule has 0 spiro atoms. The molecule has 0 radical (unpaired) electrons. The van der Waals surface area contributed by atoms with E-state index in [1.54, 1.807) is 14.2 Å². The van der Waals surface area contributed by atoms with Gasteiger partial charge in [0.15, 0.2) is 11.5 Å². The zero-order valence-electron chi connectivity index (χ0n) is 17.6. The molecule has 5 heteroatoms. The Morgan fingerprint density at radius 1 is 1.07 bits per heavy atom. The highest BCUT2D eigenvalue weighted by atomic mass is 16.5. The Labute approximate surface area is 173 Å². The maximum absolute atomic E-state index is 13.5. The molecule has 0 bridgehead atoms. The lowest BCUT2D eigenvalue weighted by Gasteiger charge is -2.58. The van der Waals surface area contributed by atoms with E-state index in [-0.39, 0.29) is 5.91 Å². The first-order valence-corrected chi connectivity index (χ1v) is 11.2. The summed E-state index contributed by atoms with van der Waals surface area (Å²) in [4.78, 5) is 18.5. The van der Waals surface area contributed by atoms with Crippen molar-refractivity contribution in [3.8, 4) is 11.5 Å². The second-order valence-electron chi connectivity index (χ2n) is 9.05. The summed E-state index contributed by atoms with van der Waals surface area (Å²) in [5.74, 6) is 2.96. The highest BCUT2D eigenvalue weighted by Gasteiger charge is 2.51. The van der Waals surface area contributed by atoms with Crippen molar-refractivity contribution >= 4 is 12.0 Å². The molecule has 4 aliphatic heterocycles. The second kappa shape index (κ2) is 7.67. The lowest BCUT2D eigenvalue weighted by atomic mass is 9.67. The third-order valence-electron chi connectivity index (χ3n) is 7.68. The summed E-state index contributed by atoms with van der Waals surface area (Å²) in [5, 5.41) is 0. The number of amides is 1. The molecule has 5 nitrogen and oxygen atoms in total. The molecule has 0 aromatic heterocycles. The van der Waals surface area contributed by atoms with Gasteiger partial charge in [-0.3, -0.25) is 9.69 Å². The maximum atomic E-state index is 13.5. The van der Waals surface area contributed by atoms with Crippen LogP contribution in [0.3, 0.4) is 0 Å². The minimum absolute atomic E-state index is 0.243. The highest BCUT2D eigenvalue weighted by molar-refractivity contribution is 5.99. The molecule has 1 aromatic carbocycles. The number of carbonyl (C=O) groups is 1. The fraction of sp³-hybridized carbons (Fsp3) is 0.625. The minimum atomic E-state index is 0.243. The zero-order valence-corrected chi connectivity index (χ0v) is 17.6. The van der Waals surface area contributed by atoms with E-state index < -0.39 is 0 Å². The fourth-order valence-electron chi connectivity index (χ4n) is 6.54. The van der Waals surface area contributed by atoms with Crippen molar-refractivity contribution in [2.75, 3.05) is 33.9 Å². The number of hydrogen-bond donors (Lipinski definition) is 0. The molecule has 0 N–H and O–H groups in total. The Balaban J connectivity index is 1.44. The van der Waals surface area contributed by atoms with Crippen LogP contribution < -0.4 is 9.47 Å². The molecule has 1 amide bonds. The first-order chi connectivity index (χ1) is 14.2. The number of methoxy groups -OCH3 is 2. The van der Waals surface area contributed by atoms with Gasteiger partial charge in [0.2, 0.25) is 5.91 Å². The largest absolute Gasteiger partial charge is 0.493 e. The average molecular weight is 397 g/mol. The van der Waals surface area contributed by atoms with E-state index in [1.165, 1.54) is 38.8 Å². The Morgan fingerprint density at radius 3 is 2.69 bits per heavy atom. The number of benzene rings is 1. The minimum Gasteiger partial charge on any atom is -0.493 e. The van der Waals surface area contributed by atoms with E-state index in [0.717, 1.165) is 36.6 Å². The van der Waals surface area contributed by atoms with Crippen LogP contribution in [0, 0.1) is 11.8 Å². The molecule has 4 atom stereocenters. The predicted molar refractivity (Wildman–Crippen MR) is 113 cm³/mol. The van der Waals surface area contributed by atoms with Gasteiger partial charge in [-0.1, -0.05) is 12.1 Å². The Hall–Kier alpha value is -2.01. The lowest BCUT2D eigenvalue weighted by Crippen LogP contribution is -2.66. The molecule has 4 saturated heterocycles. The maximum Gasteiger partial charge on any atom is 0.250 e. The van der Waals surface area contributed by atoms with E-state index >= 15 is 0 Å². The first-order valence-electron chi connectivity index (χ1n) is 11.2. The average Bonchev–Trinajstić information content (AvgIpc) is 2.76. The summed E-state index contributed by atoms with van der Waals surface area (Å²) in [5.41, 5.74) is 1.83. The standard InChI is InChI=1S/C24H32N2O3/c1-28-21-9-3-6-16(23(21)29-2)14-17-10-11-20-19-8-5-13-25-12-4-7-18(22(19)25)15-26(20)24(17)27/h3,6,9,14,18-20,22H,4-5,7-8,10-13,15H2,1-2H3/b17-14+/t18-,19-,20-,22+/m1/s1. The van der Waals surface area contributed by atoms with Gasteiger partial charge >= 0.3 is 0 Å². The number of carbonyl (C=O) groups excluding carboxylic acids is 1. The molecule has 4 heterocycles. The highest BCUT2D eigenvalue weighted by Crippen LogP contribution is 2.45. The van der Waals surface area contributed by atoms with E-state index in [4.69, 9.17) is 9.47 Å². The molecule has 4 aliphatic rings.